The first kappa shape index (κ1) is 19.8. The molecule has 142 valence electrons. The molecule has 1 aromatic rings. The molecule has 1 aliphatic heterocycles. The van der Waals surface area contributed by atoms with Crippen molar-refractivity contribution in [2.45, 2.75) is 52.7 Å². The minimum atomic E-state index is -0.411. The smallest absolute Gasteiger partial charge is 0.282 e. The van der Waals surface area contributed by atoms with E-state index in [0.717, 1.165) is 0 Å². The van der Waals surface area contributed by atoms with Crippen LogP contribution in [0, 0.1) is 5.92 Å². The number of allylic oxidation sites excluding steroid dienone is 1. The molecule has 0 bridgehead atoms. The van der Waals surface area contributed by atoms with Crippen LogP contribution in [0.1, 0.15) is 41.5 Å². The molecule has 1 saturated heterocycles. The van der Waals surface area contributed by atoms with Crippen LogP contribution in [0.2, 0.25) is 0 Å². The summed E-state index contributed by atoms with van der Waals surface area (Å²) >= 11 is 0. The number of rotatable bonds is 5. The number of nitrogens with one attached hydrogen (secondary N) is 1. The molecule has 0 unspecified atom stereocenters. The Labute approximate surface area is 155 Å². The molecule has 0 spiro atoms. The lowest BCUT2D eigenvalue weighted by atomic mass is 9.90. The molecule has 0 radical (unpaired) electrons. The highest BCUT2D eigenvalue weighted by molar-refractivity contribution is 5.93. The number of aliphatic imine (C=N–C) groups is 1. The van der Waals surface area contributed by atoms with Gasteiger partial charge in [0.05, 0.1) is 18.5 Å². The maximum absolute atomic E-state index is 11.9. The monoisotopic (exact) mass is 360 g/mol. The number of ether oxygens (including phenoxy) is 3. The summed E-state index contributed by atoms with van der Waals surface area (Å²) in [6.45, 7) is 11.6. The first-order valence-electron chi connectivity index (χ1n) is 8.67. The Hall–Kier alpha value is -2.50. The summed E-state index contributed by atoms with van der Waals surface area (Å²) < 4.78 is 17.0. The van der Waals surface area contributed by atoms with Crippen molar-refractivity contribution in [2.75, 3.05) is 12.4 Å². The summed E-state index contributed by atoms with van der Waals surface area (Å²) in [5, 5.41) is 2.84. The van der Waals surface area contributed by atoms with E-state index < -0.39 is 11.2 Å². The van der Waals surface area contributed by atoms with Gasteiger partial charge in [-0.2, -0.15) is 0 Å². The minimum absolute atomic E-state index is 0.0648. The molecule has 0 aromatic heterocycles. The first-order chi connectivity index (χ1) is 12.1. The standard InChI is InChI=1S/C20H28N2O4/c1-13(2)18(23)22-15-9-8-14(12-16(15)24-7)21-11-10-17-25-19(3,4)20(5,6)26-17/h8-13H,1-7H3,(H,22,23). The van der Waals surface area contributed by atoms with Gasteiger partial charge in [-0.15, -0.1) is 0 Å². The molecule has 1 aliphatic rings. The molecule has 1 heterocycles. The number of carbonyl (C=O) groups is 1. The summed E-state index contributed by atoms with van der Waals surface area (Å²) in [6, 6.07) is 5.33. The first-order valence-corrected chi connectivity index (χ1v) is 8.67. The molecule has 6 heteroatoms. The average Bonchev–Trinajstić information content (AvgIpc) is 2.75. The quantitative estimate of drug-likeness (QED) is 0.788. The topological polar surface area (TPSA) is 69.2 Å². The molecule has 0 aliphatic carbocycles. The van der Waals surface area contributed by atoms with E-state index >= 15 is 0 Å². The zero-order valence-electron chi connectivity index (χ0n) is 16.5. The van der Waals surface area contributed by atoms with Crippen molar-refractivity contribution < 1.29 is 19.0 Å². The number of benzene rings is 1. The van der Waals surface area contributed by atoms with Crippen molar-refractivity contribution in [1.29, 1.82) is 0 Å². The number of hydrogen-bond donors (Lipinski definition) is 1. The van der Waals surface area contributed by atoms with E-state index in [4.69, 9.17) is 14.2 Å². The molecule has 0 atom stereocenters. The summed E-state index contributed by atoms with van der Waals surface area (Å²) in [6.07, 6.45) is 3.31. The highest BCUT2D eigenvalue weighted by Gasteiger charge is 2.48. The Morgan fingerprint density at radius 1 is 1.19 bits per heavy atom. The van der Waals surface area contributed by atoms with Gasteiger partial charge in [-0.3, -0.25) is 9.79 Å². The van der Waals surface area contributed by atoms with Gasteiger partial charge in [-0.05, 0) is 39.8 Å². The number of methoxy groups -OCH3 is 1. The molecule has 1 aromatic carbocycles. The molecule has 1 N–H and O–H groups in total. The Balaban J connectivity index is 2.12. The van der Waals surface area contributed by atoms with Crippen LogP contribution in [0.3, 0.4) is 0 Å². The fraction of sp³-hybridized carbons (Fsp3) is 0.500. The van der Waals surface area contributed by atoms with Crippen LogP contribution in [-0.2, 0) is 14.3 Å². The zero-order valence-corrected chi connectivity index (χ0v) is 16.5. The third-order valence-electron chi connectivity index (χ3n) is 4.56. The lowest BCUT2D eigenvalue weighted by Crippen LogP contribution is -2.41. The van der Waals surface area contributed by atoms with Gasteiger partial charge in [0.2, 0.25) is 5.91 Å². The normalized spacial score (nSPS) is 17.8. The third-order valence-corrected chi connectivity index (χ3v) is 4.56. The van der Waals surface area contributed by atoms with E-state index in [-0.39, 0.29) is 11.8 Å². The second-order valence-electron chi connectivity index (χ2n) is 7.52. The lowest BCUT2D eigenvalue weighted by Gasteiger charge is -2.28. The van der Waals surface area contributed by atoms with Gasteiger partial charge in [0.25, 0.3) is 5.95 Å². The SMILES string of the molecule is COc1cc(N=CC=C2OC(C)(C)C(C)(C)O2)ccc1NC(=O)C(C)C. The van der Waals surface area contributed by atoms with E-state index in [0.29, 0.717) is 23.1 Å². The van der Waals surface area contributed by atoms with Crippen LogP contribution in [0.5, 0.6) is 5.75 Å². The van der Waals surface area contributed by atoms with Crippen LogP contribution >= 0.6 is 0 Å². The Morgan fingerprint density at radius 3 is 2.35 bits per heavy atom. The number of carbonyl (C=O) groups excluding carboxylic acids is 1. The van der Waals surface area contributed by atoms with Gasteiger partial charge in [0.15, 0.2) is 0 Å². The van der Waals surface area contributed by atoms with Crippen molar-refractivity contribution in [3.8, 4) is 5.75 Å². The Bertz CT molecular complexity index is 715. The van der Waals surface area contributed by atoms with Crippen molar-refractivity contribution >= 4 is 23.5 Å². The van der Waals surface area contributed by atoms with Gasteiger partial charge < -0.3 is 19.5 Å². The highest BCUT2D eigenvalue weighted by atomic mass is 16.7. The second kappa shape index (κ2) is 7.40. The Morgan fingerprint density at radius 2 is 1.81 bits per heavy atom. The molecule has 6 nitrogen and oxygen atoms in total. The molecular weight excluding hydrogens is 332 g/mol. The number of amides is 1. The largest absolute Gasteiger partial charge is 0.494 e. The summed E-state index contributed by atoms with van der Waals surface area (Å²) in [7, 11) is 1.56. The maximum Gasteiger partial charge on any atom is 0.282 e. The van der Waals surface area contributed by atoms with Crippen LogP contribution < -0.4 is 10.1 Å². The van der Waals surface area contributed by atoms with Crippen LogP contribution in [0.15, 0.2) is 35.2 Å². The molecule has 1 amide bonds. The minimum Gasteiger partial charge on any atom is -0.494 e. The molecule has 2 rings (SSSR count). The van der Waals surface area contributed by atoms with Crippen LogP contribution in [0.4, 0.5) is 11.4 Å². The fourth-order valence-electron chi connectivity index (χ4n) is 2.16. The second-order valence-corrected chi connectivity index (χ2v) is 7.52. The van der Waals surface area contributed by atoms with Gasteiger partial charge in [-0.1, -0.05) is 13.8 Å². The van der Waals surface area contributed by atoms with Gasteiger partial charge >= 0.3 is 0 Å². The van der Waals surface area contributed by atoms with E-state index in [2.05, 4.69) is 10.3 Å². The van der Waals surface area contributed by atoms with E-state index in [1.54, 1.807) is 37.6 Å². The van der Waals surface area contributed by atoms with E-state index in [1.165, 1.54) is 0 Å². The average molecular weight is 360 g/mol. The van der Waals surface area contributed by atoms with Crippen molar-refractivity contribution in [3.63, 3.8) is 0 Å². The number of hydrogen-bond acceptors (Lipinski definition) is 5. The molecule has 0 saturated carbocycles. The van der Waals surface area contributed by atoms with Crippen molar-refractivity contribution in [3.05, 3.63) is 30.2 Å². The van der Waals surface area contributed by atoms with Crippen LogP contribution in [-0.4, -0.2) is 30.4 Å². The maximum atomic E-state index is 11.9. The Kier molecular flexibility index (Phi) is 5.64. The van der Waals surface area contributed by atoms with Crippen LogP contribution in [0.25, 0.3) is 0 Å². The summed E-state index contributed by atoms with van der Waals surface area (Å²) in [5.41, 5.74) is 0.491. The van der Waals surface area contributed by atoms with Gasteiger partial charge in [0.1, 0.15) is 17.0 Å². The predicted molar refractivity (Wildman–Crippen MR) is 103 cm³/mol. The summed E-state index contributed by atoms with van der Waals surface area (Å²) in [4.78, 5) is 16.2. The third kappa shape index (κ3) is 4.36. The number of nitrogens with zero attached hydrogens (tertiary/aromatic N) is 1. The van der Waals surface area contributed by atoms with E-state index in [9.17, 15) is 4.79 Å². The lowest BCUT2D eigenvalue weighted by molar-refractivity contribution is -0.118. The molecule has 1 fully saturated rings. The van der Waals surface area contributed by atoms with Crippen molar-refractivity contribution in [2.24, 2.45) is 10.9 Å². The number of anilines is 1. The predicted octanol–water partition coefficient (Wildman–Crippen LogP) is 4.44. The fourth-order valence-corrected chi connectivity index (χ4v) is 2.16. The van der Waals surface area contributed by atoms with Gasteiger partial charge in [0, 0.05) is 24.3 Å². The molecular formula is C20H28N2O4. The highest BCUT2D eigenvalue weighted by Crippen LogP contribution is 2.39. The van der Waals surface area contributed by atoms with Crippen molar-refractivity contribution in [1.82, 2.24) is 0 Å². The van der Waals surface area contributed by atoms with E-state index in [1.807, 2.05) is 41.5 Å². The summed E-state index contributed by atoms with van der Waals surface area (Å²) in [5.74, 6) is 0.822. The zero-order chi connectivity index (χ0) is 19.5. The van der Waals surface area contributed by atoms with Gasteiger partial charge in [-0.25, -0.2) is 0 Å². The molecule has 26 heavy (non-hydrogen) atoms.